The lowest BCUT2D eigenvalue weighted by molar-refractivity contribution is 0.564. The summed E-state index contributed by atoms with van der Waals surface area (Å²) in [6.45, 7) is 8.31. The van der Waals surface area contributed by atoms with Gasteiger partial charge in [0.15, 0.2) is 0 Å². The minimum absolute atomic E-state index is 0.118. The molecular weight excluding hydrogens is 242 g/mol. The van der Waals surface area contributed by atoms with E-state index in [2.05, 4.69) is 57.3 Å². The Hall–Kier alpha value is -0.670. The number of benzene rings is 1. The number of hydrogen-bond acceptors (Lipinski definition) is 2. The first-order valence-corrected chi connectivity index (χ1v) is 7.92. The third-order valence-corrected chi connectivity index (χ3v) is 5.69. The summed E-state index contributed by atoms with van der Waals surface area (Å²) in [6, 6.07) is 8.62. The van der Waals surface area contributed by atoms with Crippen LogP contribution in [-0.4, -0.2) is 21.8 Å². The normalized spacial score (nSPS) is 18.1. The van der Waals surface area contributed by atoms with Crippen molar-refractivity contribution in [3.63, 3.8) is 0 Å². The Kier molecular flexibility index (Phi) is 6.03. The van der Waals surface area contributed by atoms with E-state index in [1.807, 2.05) is 7.05 Å². The zero-order valence-electron chi connectivity index (χ0n) is 12.1. The van der Waals surface area contributed by atoms with Gasteiger partial charge in [-0.2, -0.15) is 0 Å². The molecule has 0 aliphatic rings. The fourth-order valence-corrected chi connectivity index (χ4v) is 3.73. The number of aryl methyl sites for hydroxylation is 1. The van der Waals surface area contributed by atoms with Gasteiger partial charge in [0, 0.05) is 22.1 Å². The van der Waals surface area contributed by atoms with Crippen molar-refractivity contribution in [3.8, 4) is 0 Å². The van der Waals surface area contributed by atoms with E-state index in [4.69, 9.17) is 0 Å². The second kappa shape index (κ2) is 7.05. The van der Waals surface area contributed by atoms with E-state index < -0.39 is 10.8 Å². The van der Waals surface area contributed by atoms with Crippen LogP contribution < -0.4 is 5.32 Å². The Labute approximate surface area is 114 Å². The number of rotatable bonds is 6. The minimum atomic E-state index is -0.808. The van der Waals surface area contributed by atoms with Gasteiger partial charge >= 0.3 is 0 Å². The summed E-state index contributed by atoms with van der Waals surface area (Å²) in [4.78, 5) is 0. The summed E-state index contributed by atoms with van der Waals surface area (Å²) in [5.41, 5.74) is 2.47. The molecule has 1 aromatic rings. The second-order valence-electron chi connectivity index (χ2n) is 4.93. The highest BCUT2D eigenvalue weighted by atomic mass is 32.2. The average Bonchev–Trinajstić information content (AvgIpc) is 2.39. The Morgan fingerprint density at radius 1 is 1.22 bits per heavy atom. The van der Waals surface area contributed by atoms with Crippen LogP contribution in [0.2, 0.25) is 0 Å². The Morgan fingerprint density at radius 2 is 1.78 bits per heavy atom. The van der Waals surface area contributed by atoms with Gasteiger partial charge in [0.2, 0.25) is 0 Å². The first-order valence-electron chi connectivity index (χ1n) is 6.64. The average molecular weight is 267 g/mol. The summed E-state index contributed by atoms with van der Waals surface area (Å²) in [6.07, 6.45) is 0.960. The van der Waals surface area contributed by atoms with E-state index >= 15 is 0 Å². The molecule has 1 aromatic carbocycles. The molecule has 18 heavy (non-hydrogen) atoms. The van der Waals surface area contributed by atoms with Crippen LogP contribution in [0.25, 0.3) is 0 Å². The summed E-state index contributed by atoms with van der Waals surface area (Å²) in [7, 11) is 1.13. The quantitative estimate of drug-likeness (QED) is 0.857. The van der Waals surface area contributed by atoms with E-state index in [-0.39, 0.29) is 16.5 Å². The van der Waals surface area contributed by atoms with Crippen LogP contribution in [0, 0.1) is 6.92 Å². The van der Waals surface area contributed by atoms with E-state index in [0.717, 1.165) is 6.42 Å². The maximum Gasteiger partial charge on any atom is 0.0517 e. The molecular formula is C15H25NOS. The molecule has 3 heteroatoms. The van der Waals surface area contributed by atoms with Gasteiger partial charge in [-0.05, 0) is 32.9 Å². The molecule has 0 saturated carbocycles. The molecule has 4 unspecified atom stereocenters. The van der Waals surface area contributed by atoms with Crippen molar-refractivity contribution < 1.29 is 4.21 Å². The van der Waals surface area contributed by atoms with Crippen LogP contribution in [0.3, 0.4) is 0 Å². The van der Waals surface area contributed by atoms with Gasteiger partial charge in [-0.3, -0.25) is 4.21 Å². The Balaban J connectivity index is 2.89. The van der Waals surface area contributed by atoms with E-state index in [9.17, 15) is 4.21 Å². The number of nitrogens with one attached hydrogen (secondary N) is 1. The van der Waals surface area contributed by atoms with Crippen LogP contribution in [0.15, 0.2) is 24.3 Å². The number of hydrogen-bond donors (Lipinski definition) is 1. The van der Waals surface area contributed by atoms with Crippen molar-refractivity contribution in [2.75, 3.05) is 7.05 Å². The third-order valence-electron chi connectivity index (χ3n) is 3.55. The topological polar surface area (TPSA) is 29.1 Å². The van der Waals surface area contributed by atoms with Gasteiger partial charge in [0.05, 0.1) is 5.25 Å². The second-order valence-corrected chi connectivity index (χ2v) is 7.13. The van der Waals surface area contributed by atoms with Crippen LogP contribution in [0.5, 0.6) is 0 Å². The Bertz CT molecular complexity index is 388. The van der Waals surface area contributed by atoms with Gasteiger partial charge in [-0.1, -0.05) is 43.7 Å². The zero-order chi connectivity index (χ0) is 13.7. The van der Waals surface area contributed by atoms with Gasteiger partial charge in [-0.25, -0.2) is 0 Å². The summed E-state index contributed by atoms with van der Waals surface area (Å²) < 4.78 is 12.4. The van der Waals surface area contributed by atoms with Crippen molar-refractivity contribution in [2.45, 2.75) is 50.7 Å². The molecule has 0 fully saturated rings. The fourth-order valence-electron chi connectivity index (χ4n) is 2.11. The molecule has 2 nitrogen and oxygen atoms in total. The summed E-state index contributed by atoms with van der Waals surface area (Å²) in [5, 5.41) is 3.67. The lowest BCUT2D eigenvalue weighted by Crippen LogP contribution is -2.34. The van der Waals surface area contributed by atoms with E-state index in [1.165, 1.54) is 11.1 Å². The van der Waals surface area contributed by atoms with Crippen LogP contribution >= 0.6 is 0 Å². The molecule has 0 saturated heterocycles. The highest BCUT2D eigenvalue weighted by molar-refractivity contribution is 7.86. The van der Waals surface area contributed by atoms with Crippen LogP contribution in [0.1, 0.15) is 44.4 Å². The maximum absolute atomic E-state index is 12.4. The lowest BCUT2D eigenvalue weighted by atomic mass is 10.0. The molecule has 0 spiro atoms. The van der Waals surface area contributed by atoms with Gasteiger partial charge in [0.1, 0.15) is 0 Å². The van der Waals surface area contributed by atoms with Crippen molar-refractivity contribution in [1.29, 1.82) is 0 Å². The molecule has 4 atom stereocenters. The van der Waals surface area contributed by atoms with Crippen molar-refractivity contribution >= 4 is 10.8 Å². The molecule has 0 radical (unpaired) electrons. The van der Waals surface area contributed by atoms with Gasteiger partial charge < -0.3 is 5.32 Å². The van der Waals surface area contributed by atoms with Crippen LogP contribution in [-0.2, 0) is 10.8 Å². The third kappa shape index (κ3) is 3.66. The molecule has 1 rings (SSSR count). The van der Waals surface area contributed by atoms with Crippen LogP contribution in [0.4, 0.5) is 0 Å². The maximum atomic E-state index is 12.4. The predicted molar refractivity (Wildman–Crippen MR) is 80.3 cm³/mol. The first kappa shape index (κ1) is 15.4. The first-order chi connectivity index (χ1) is 8.51. The molecule has 0 aliphatic carbocycles. The predicted octanol–water partition coefficient (Wildman–Crippen LogP) is 3.19. The monoisotopic (exact) mass is 267 g/mol. The largest absolute Gasteiger partial charge is 0.312 e. The van der Waals surface area contributed by atoms with Crippen molar-refractivity contribution in [1.82, 2.24) is 5.32 Å². The highest BCUT2D eigenvalue weighted by Crippen LogP contribution is 2.23. The molecule has 0 amide bonds. The molecule has 0 heterocycles. The molecule has 1 N–H and O–H groups in total. The lowest BCUT2D eigenvalue weighted by Gasteiger charge is -2.26. The van der Waals surface area contributed by atoms with Crippen molar-refractivity contribution in [2.24, 2.45) is 0 Å². The van der Waals surface area contributed by atoms with Gasteiger partial charge in [0.25, 0.3) is 0 Å². The van der Waals surface area contributed by atoms with Gasteiger partial charge in [-0.15, -0.1) is 0 Å². The minimum Gasteiger partial charge on any atom is -0.312 e. The highest BCUT2D eigenvalue weighted by Gasteiger charge is 2.25. The molecule has 0 bridgehead atoms. The Morgan fingerprint density at radius 3 is 2.22 bits per heavy atom. The fraction of sp³-hybridized carbons (Fsp3) is 0.600. The van der Waals surface area contributed by atoms with E-state index in [0.29, 0.717) is 0 Å². The molecule has 102 valence electrons. The summed E-state index contributed by atoms with van der Waals surface area (Å²) in [5.74, 6) is 0. The molecule has 0 aromatic heterocycles. The smallest absolute Gasteiger partial charge is 0.0517 e. The zero-order valence-corrected chi connectivity index (χ0v) is 12.9. The van der Waals surface area contributed by atoms with E-state index in [1.54, 1.807) is 0 Å². The standard InChI is InChI=1S/C15H25NOS/c1-6-12(3)18(17)13(4)15(16-5)14-9-7-11(2)8-10-14/h7-10,12-13,15-16H,6H2,1-5H3. The SMILES string of the molecule is CCC(C)S(=O)C(C)C(NC)c1ccc(C)cc1. The molecule has 0 aliphatic heterocycles. The van der Waals surface area contributed by atoms with Crippen molar-refractivity contribution in [3.05, 3.63) is 35.4 Å². The summed E-state index contributed by atoms with van der Waals surface area (Å²) >= 11 is 0.